The van der Waals surface area contributed by atoms with Crippen LogP contribution in [0.3, 0.4) is 0 Å². The monoisotopic (exact) mass is 594 g/mol. The fourth-order valence-corrected chi connectivity index (χ4v) is 5.64. The Bertz CT molecular complexity index is 1600. The molecule has 0 amide bonds. The lowest BCUT2D eigenvalue weighted by atomic mass is 9.90. The zero-order chi connectivity index (χ0) is 30.4. The van der Waals surface area contributed by atoms with Gasteiger partial charge in [-0.1, -0.05) is 41.5 Å². The van der Waals surface area contributed by atoms with Gasteiger partial charge in [-0.25, -0.2) is 4.79 Å². The van der Waals surface area contributed by atoms with Crippen molar-refractivity contribution in [1.29, 1.82) is 0 Å². The van der Waals surface area contributed by atoms with Gasteiger partial charge in [-0.15, -0.1) is 0 Å². The molecule has 3 aromatic rings. The first-order valence-corrected chi connectivity index (χ1v) is 14.8. The Labute approximate surface area is 245 Å². The van der Waals surface area contributed by atoms with Crippen LogP contribution in [0.2, 0.25) is 0 Å². The number of esters is 1. The summed E-state index contributed by atoms with van der Waals surface area (Å²) in [5.41, 5.74) is 5.11. The number of ether oxygens (including phenoxy) is 3. The normalized spacial score (nSPS) is 13.0. The third-order valence-corrected chi connectivity index (χ3v) is 8.42. The first-order valence-electron chi connectivity index (χ1n) is 13.4. The van der Waals surface area contributed by atoms with E-state index in [4.69, 9.17) is 23.5 Å². The average molecular weight is 595 g/mol. The Hall–Kier alpha value is -4.15. The van der Waals surface area contributed by atoms with Crippen LogP contribution >= 0.6 is 0 Å². The number of hydrogen-bond acceptors (Lipinski definition) is 8. The highest BCUT2D eigenvalue weighted by molar-refractivity contribution is 7.87. The minimum Gasteiger partial charge on any atom is -0.497 e. The summed E-state index contributed by atoms with van der Waals surface area (Å²) in [7, 11) is -2.72. The molecule has 0 fully saturated rings. The Morgan fingerprint density at radius 3 is 2.33 bits per heavy atom. The van der Waals surface area contributed by atoms with Crippen LogP contribution < -0.4 is 8.92 Å². The van der Waals surface area contributed by atoms with E-state index in [9.17, 15) is 18.0 Å². The molecule has 0 spiro atoms. The highest BCUT2D eigenvalue weighted by Gasteiger charge is 2.35. The van der Waals surface area contributed by atoms with Crippen LogP contribution in [0, 0.1) is 13.8 Å². The molecule has 222 valence electrons. The summed E-state index contributed by atoms with van der Waals surface area (Å²) in [6.45, 7) is 5.87. The molecule has 10 heteroatoms. The van der Waals surface area contributed by atoms with Crippen molar-refractivity contribution >= 4 is 22.1 Å². The Morgan fingerprint density at radius 2 is 1.69 bits per heavy atom. The molecular formula is C32H34O9S. The van der Waals surface area contributed by atoms with Crippen molar-refractivity contribution in [2.75, 3.05) is 7.11 Å². The third-order valence-electron chi connectivity index (χ3n) is 7.19. The molecule has 0 radical (unpaired) electrons. The number of allylic oxidation sites excluding steroid dienone is 2. The number of aliphatic carboxylic acids is 1. The third kappa shape index (κ3) is 7.18. The summed E-state index contributed by atoms with van der Waals surface area (Å²) in [6.07, 6.45) is 2.29. The molecule has 1 N–H and O–H groups in total. The van der Waals surface area contributed by atoms with Crippen LogP contribution in [0.25, 0.3) is 0 Å². The van der Waals surface area contributed by atoms with E-state index in [1.807, 2.05) is 44.2 Å². The van der Waals surface area contributed by atoms with Gasteiger partial charge in [0.2, 0.25) is 0 Å². The molecule has 1 heterocycles. The van der Waals surface area contributed by atoms with Gasteiger partial charge in [-0.2, -0.15) is 8.42 Å². The second-order valence-electron chi connectivity index (χ2n) is 10.2. The number of fused-ring (bicyclic) bond motifs is 1. The average Bonchev–Trinajstić information content (AvgIpc) is 3.35. The van der Waals surface area contributed by atoms with Gasteiger partial charge in [0.1, 0.15) is 22.8 Å². The van der Waals surface area contributed by atoms with Gasteiger partial charge in [0.25, 0.3) is 0 Å². The fraction of sp³-hybridized carbons (Fsp3) is 0.312. The molecule has 3 aromatic carbocycles. The summed E-state index contributed by atoms with van der Waals surface area (Å²) >= 11 is 0. The number of carbonyl (C=O) groups is 2. The number of carbonyl (C=O) groups excluding carboxylic acids is 1. The highest BCUT2D eigenvalue weighted by Crippen LogP contribution is 2.41. The van der Waals surface area contributed by atoms with Crippen LogP contribution in [0.4, 0.5) is 0 Å². The van der Waals surface area contributed by atoms with E-state index >= 15 is 0 Å². The summed E-state index contributed by atoms with van der Waals surface area (Å²) in [6, 6.07) is 13.7. The fourth-order valence-electron chi connectivity index (χ4n) is 4.67. The van der Waals surface area contributed by atoms with E-state index in [1.54, 1.807) is 26.2 Å². The highest BCUT2D eigenvalue weighted by atomic mass is 32.2. The molecule has 1 aliphatic heterocycles. The second-order valence-corrected chi connectivity index (χ2v) is 11.7. The van der Waals surface area contributed by atoms with E-state index in [0.717, 1.165) is 28.0 Å². The maximum Gasteiger partial charge on any atom is 0.342 e. The maximum atomic E-state index is 13.4. The lowest BCUT2D eigenvalue weighted by Gasteiger charge is -2.20. The standard InChI is InChI=1S/C32H34O9S/c1-20-5-13-25(14-6-20)42(36,37)41-31-26(15-7-21(2)8-16-29(33)34)27(22(3)28-19-40-32(35)30(28)31)18-39-17-23-9-11-24(38-4)12-10-23/h5-7,9-14H,8,15-19H2,1-4H3,(H,33,34)/b21-7+. The zero-order valence-corrected chi connectivity index (χ0v) is 24.9. The number of carboxylic acids is 1. The molecule has 0 unspecified atom stereocenters. The van der Waals surface area contributed by atoms with Gasteiger partial charge in [0.15, 0.2) is 5.75 Å². The van der Waals surface area contributed by atoms with E-state index in [0.29, 0.717) is 23.1 Å². The lowest BCUT2D eigenvalue weighted by molar-refractivity contribution is -0.136. The number of carboxylic acid groups (broad SMARTS) is 1. The SMILES string of the molecule is COc1ccc(COCc2c(C)c3c(c(OS(=O)(=O)c4ccc(C)cc4)c2C/C=C(\C)CCC(=O)O)C(=O)OC3)cc1. The van der Waals surface area contributed by atoms with Gasteiger partial charge < -0.3 is 23.5 Å². The number of hydrogen-bond donors (Lipinski definition) is 1. The number of benzene rings is 3. The molecule has 9 nitrogen and oxygen atoms in total. The van der Waals surface area contributed by atoms with Gasteiger partial charge in [-0.3, -0.25) is 4.79 Å². The first-order chi connectivity index (χ1) is 20.0. The van der Waals surface area contributed by atoms with E-state index in [1.165, 1.54) is 12.1 Å². The number of aryl methyl sites for hydroxylation is 1. The zero-order valence-electron chi connectivity index (χ0n) is 24.1. The van der Waals surface area contributed by atoms with Crippen molar-refractivity contribution in [3.8, 4) is 11.5 Å². The van der Waals surface area contributed by atoms with Gasteiger partial charge in [-0.05, 0) is 74.6 Å². The number of rotatable bonds is 13. The van der Waals surface area contributed by atoms with E-state index in [-0.39, 0.29) is 48.9 Å². The summed E-state index contributed by atoms with van der Waals surface area (Å²) in [5.74, 6) is -0.953. The van der Waals surface area contributed by atoms with Crippen LogP contribution in [0.1, 0.15) is 63.5 Å². The Kier molecular flexibility index (Phi) is 9.70. The van der Waals surface area contributed by atoms with Crippen molar-refractivity contribution in [2.24, 2.45) is 0 Å². The van der Waals surface area contributed by atoms with Crippen molar-refractivity contribution in [3.05, 3.63) is 99.1 Å². The number of methoxy groups -OCH3 is 1. The molecule has 1 aliphatic rings. The van der Waals surface area contributed by atoms with Crippen molar-refractivity contribution in [2.45, 2.75) is 64.7 Å². The molecule has 42 heavy (non-hydrogen) atoms. The summed E-state index contributed by atoms with van der Waals surface area (Å²) in [5, 5.41) is 9.09. The molecule has 0 atom stereocenters. The van der Waals surface area contributed by atoms with Crippen LogP contribution in [-0.2, 0) is 50.6 Å². The minimum atomic E-state index is -4.32. The molecule has 0 saturated carbocycles. The molecular weight excluding hydrogens is 560 g/mol. The molecule has 0 saturated heterocycles. The predicted octanol–water partition coefficient (Wildman–Crippen LogP) is 5.82. The smallest absolute Gasteiger partial charge is 0.342 e. The van der Waals surface area contributed by atoms with E-state index < -0.39 is 22.1 Å². The van der Waals surface area contributed by atoms with Crippen molar-refractivity contribution in [3.63, 3.8) is 0 Å². The van der Waals surface area contributed by atoms with Crippen molar-refractivity contribution < 1.29 is 41.5 Å². The van der Waals surface area contributed by atoms with Gasteiger partial charge in [0, 0.05) is 17.5 Å². The molecule has 0 aromatic heterocycles. The van der Waals surface area contributed by atoms with Crippen molar-refractivity contribution in [1.82, 2.24) is 0 Å². The minimum absolute atomic E-state index is 0.0137. The van der Waals surface area contributed by atoms with Gasteiger partial charge >= 0.3 is 22.1 Å². The van der Waals surface area contributed by atoms with Crippen LogP contribution in [0.5, 0.6) is 11.5 Å². The predicted molar refractivity (Wildman–Crippen MR) is 155 cm³/mol. The largest absolute Gasteiger partial charge is 0.497 e. The quantitative estimate of drug-likeness (QED) is 0.148. The Morgan fingerprint density at radius 1 is 1.00 bits per heavy atom. The summed E-state index contributed by atoms with van der Waals surface area (Å²) in [4.78, 5) is 24.0. The van der Waals surface area contributed by atoms with E-state index in [2.05, 4.69) is 0 Å². The summed E-state index contributed by atoms with van der Waals surface area (Å²) < 4.78 is 49.3. The maximum absolute atomic E-state index is 13.4. The first kappa shape index (κ1) is 30.8. The van der Waals surface area contributed by atoms with Crippen LogP contribution in [0.15, 0.2) is 65.1 Å². The lowest BCUT2D eigenvalue weighted by Crippen LogP contribution is -2.16. The number of cyclic esters (lactones) is 1. The second kappa shape index (κ2) is 13.2. The van der Waals surface area contributed by atoms with Crippen LogP contribution in [-0.4, -0.2) is 32.6 Å². The molecule has 0 bridgehead atoms. The van der Waals surface area contributed by atoms with Gasteiger partial charge in [0.05, 0.1) is 20.3 Å². The topological polar surface area (TPSA) is 125 Å². The molecule has 4 rings (SSSR count). The Balaban J connectivity index is 1.77. The molecule has 0 aliphatic carbocycles.